The van der Waals surface area contributed by atoms with Gasteiger partial charge in [0.05, 0.1) is 11.1 Å². The number of carbonyl (C=O) groups is 1. The highest BCUT2D eigenvalue weighted by Crippen LogP contribution is 2.40. The molecule has 0 radical (unpaired) electrons. The summed E-state index contributed by atoms with van der Waals surface area (Å²) in [6, 6.07) is 13.7. The van der Waals surface area contributed by atoms with Gasteiger partial charge in [-0.25, -0.2) is 0 Å². The number of ketones is 1. The molecule has 0 saturated carbocycles. The fourth-order valence-electron chi connectivity index (χ4n) is 3.60. The summed E-state index contributed by atoms with van der Waals surface area (Å²) >= 11 is 7.53. The van der Waals surface area contributed by atoms with Crippen molar-refractivity contribution in [3.8, 4) is 10.4 Å². The summed E-state index contributed by atoms with van der Waals surface area (Å²) in [5.74, 6) is -0.263. The Morgan fingerprint density at radius 2 is 1.57 bits per heavy atom. The third kappa shape index (κ3) is 4.40. The van der Waals surface area contributed by atoms with Crippen molar-refractivity contribution in [2.75, 3.05) is 18.0 Å². The summed E-state index contributed by atoms with van der Waals surface area (Å²) in [6.45, 7) is 1.74. The number of nitrogens with zero attached hydrogens (tertiary/aromatic N) is 1. The van der Waals surface area contributed by atoms with E-state index in [1.165, 1.54) is 23.5 Å². The second-order valence-corrected chi connectivity index (χ2v) is 8.76. The Morgan fingerprint density at radius 1 is 0.933 bits per heavy atom. The van der Waals surface area contributed by atoms with E-state index < -0.39 is 11.7 Å². The van der Waals surface area contributed by atoms with E-state index in [4.69, 9.17) is 11.6 Å². The molecule has 1 fully saturated rings. The van der Waals surface area contributed by atoms with E-state index >= 15 is 0 Å². The van der Waals surface area contributed by atoms with E-state index in [0.29, 0.717) is 10.6 Å². The van der Waals surface area contributed by atoms with Crippen molar-refractivity contribution in [3.63, 3.8) is 0 Å². The first-order valence-corrected chi connectivity index (χ1v) is 10.9. The van der Waals surface area contributed by atoms with E-state index in [-0.39, 0.29) is 11.3 Å². The fourth-order valence-corrected chi connectivity index (χ4v) is 4.94. The second kappa shape index (κ2) is 8.44. The van der Waals surface area contributed by atoms with E-state index in [0.717, 1.165) is 59.9 Å². The molecule has 7 heteroatoms. The summed E-state index contributed by atoms with van der Waals surface area (Å²) in [4.78, 5) is 16.4. The average Bonchev–Trinajstić information content (AvgIpc) is 3.19. The Hall–Kier alpha value is -2.31. The highest BCUT2D eigenvalue weighted by Gasteiger charge is 2.30. The lowest BCUT2D eigenvalue weighted by atomic mass is 10.0. The Balaban J connectivity index is 1.73. The molecule has 2 heterocycles. The number of hydrogen-bond acceptors (Lipinski definition) is 3. The number of carbonyl (C=O) groups excluding carboxylic acids is 1. The van der Waals surface area contributed by atoms with Crippen molar-refractivity contribution in [2.45, 2.75) is 25.4 Å². The summed E-state index contributed by atoms with van der Waals surface area (Å²) in [6.07, 6.45) is -1.15. The predicted molar refractivity (Wildman–Crippen MR) is 116 cm³/mol. The van der Waals surface area contributed by atoms with Crippen LogP contribution in [0.15, 0.2) is 54.6 Å². The van der Waals surface area contributed by atoms with Gasteiger partial charge in [0.15, 0.2) is 5.78 Å². The summed E-state index contributed by atoms with van der Waals surface area (Å²) < 4.78 is 38.6. The Morgan fingerprint density at radius 3 is 2.17 bits per heavy atom. The molecule has 0 spiro atoms. The van der Waals surface area contributed by atoms with Crippen LogP contribution in [0, 0.1) is 0 Å². The van der Waals surface area contributed by atoms with Crippen molar-refractivity contribution < 1.29 is 18.0 Å². The number of thiophene rings is 1. The van der Waals surface area contributed by atoms with Crippen LogP contribution >= 0.6 is 22.9 Å². The van der Waals surface area contributed by atoms with Gasteiger partial charge in [-0.2, -0.15) is 13.2 Å². The molecule has 0 atom stereocenters. The molecule has 1 aliphatic heterocycles. The van der Waals surface area contributed by atoms with Gasteiger partial charge in [0.2, 0.25) is 0 Å². The maximum Gasteiger partial charge on any atom is 0.416 e. The molecule has 3 aromatic rings. The smallest absolute Gasteiger partial charge is 0.363 e. The summed E-state index contributed by atoms with van der Waals surface area (Å²) in [5, 5.41) is 1.51. The first-order chi connectivity index (χ1) is 14.3. The molecule has 0 N–H and O–H groups in total. The van der Waals surface area contributed by atoms with Crippen LogP contribution in [-0.4, -0.2) is 18.9 Å². The first kappa shape index (κ1) is 20.9. The maximum atomic E-state index is 13.2. The van der Waals surface area contributed by atoms with Gasteiger partial charge >= 0.3 is 6.18 Å². The SMILES string of the molecule is O=C(c1ccc(C(F)(F)F)cc1)c1cc(-c2ccc(Cl)cc2)sc1N1CCCCC1. The number of alkyl halides is 3. The molecule has 0 aliphatic carbocycles. The number of hydrogen-bond donors (Lipinski definition) is 0. The molecule has 4 rings (SSSR count). The molecule has 0 bridgehead atoms. The highest BCUT2D eigenvalue weighted by molar-refractivity contribution is 7.19. The Labute approximate surface area is 181 Å². The van der Waals surface area contributed by atoms with E-state index in [1.807, 2.05) is 18.2 Å². The fraction of sp³-hybridized carbons (Fsp3) is 0.261. The Kier molecular flexibility index (Phi) is 5.89. The van der Waals surface area contributed by atoms with Crippen molar-refractivity contribution in [1.82, 2.24) is 0 Å². The molecule has 30 heavy (non-hydrogen) atoms. The first-order valence-electron chi connectivity index (χ1n) is 9.69. The van der Waals surface area contributed by atoms with Gasteiger partial charge < -0.3 is 4.90 Å². The number of halogens is 4. The molecule has 156 valence electrons. The highest BCUT2D eigenvalue weighted by atomic mass is 35.5. The molecule has 2 nitrogen and oxygen atoms in total. The van der Waals surface area contributed by atoms with Crippen molar-refractivity contribution in [3.05, 3.63) is 76.3 Å². The molecule has 1 saturated heterocycles. The normalized spacial score (nSPS) is 14.7. The number of benzene rings is 2. The van der Waals surface area contributed by atoms with E-state index in [2.05, 4.69) is 4.90 Å². The molecule has 0 amide bonds. The molecule has 1 aromatic heterocycles. The number of rotatable bonds is 4. The third-order valence-corrected chi connectivity index (χ3v) is 6.70. The van der Waals surface area contributed by atoms with Crippen molar-refractivity contribution in [1.29, 1.82) is 0 Å². The van der Waals surface area contributed by atoms with Crippen LogP contribution in [0.1, 0.15) is 40.7 Å². The lowest BCUT2D eigenvalue weighted by Gasteiger charge is -2.28. The molecular weight excluding hydrogens is 431 g/mol. The van der Waals surface area contributed by atoms with Gasteiger partial charge in [-0.15, -0.1) is 11.3 Å². The van der Waals surface area contributed by atoms with Gasteiger partial charge in [-0.1, -0.05) is 35.9 Å². The van der Waals surface area contributed by atoms with Crippen LogP contribution in [0.5, 0.6) is 0 Å². The van der Waals surface area contributed by atoms with E-state index in [1.54, 1.807) is 12.1 Å². The van der Waals surface area contributed by atoms with E-state index in [9.17, 15) is 18.0 Å². The summed E-state index contributed by atoms with van der Waals surface area (Å²) in [5.41, 5.74) is 0.977. The number of piperidine rings is 1. The lowest BCUT2D eigenvalue weighted by Crippen LogP contribution is -2.29. The minimum Gasteiger partial charge on any atom is -0.363 e. The third-order valence-electron chi connectivity index (χ3n) is 5.20. The monoisotopic (exact) mass is 449 g/mol. The van der Waals surface area contributed by atoms with Gasteiger partial charge in [-0.05, 0) is 55.2 Å². The quantitative estimate of drug-likeness (QED) is 0.389. The van der Waals surface area contributed by atoms with Gasteiger partial charge in [-0.3, -0.25) is 4.79 Å². The lowest BCUT2D eigenvalue weighted by molar-refractivity contribution is -0.137. The minimum absolute atomic E-state index is 0.252. The Bertz CT molecular complexity index is 1040. The zero-order valence-electron chi connectivity index (χ0n) is 16.0. The van der Waals surface area contributed by atoms with Crippen molar-refractivity contribution in [2.24, 2.45) is 0 Å². The molecule has 0 unspecified atom stereocenters. The van der Waals surface area contributed by atoms with Gasteiger partial charge in [0, 0.05) is 28.6 Å². The standard InChI is InChI=1S/C23H19ClF3NOS/c24-18-10-6-15(7-11-18)20-14-19(22(30-20)28-12-2-1-3-13-28)21(29)16-4-8-17(9-5-16)23(25,26)27/h4-11,14H,1-3,12-13H2. The van der Waals surface area contributed by atoms with Crippen LogP contribution in [0.2, 0.25) is 5.02 Å². The van der Waals surface area contributed by atoms with Gasteiger partial charge in [0.1, 0.15) is 5.00 Å². The predicted octanol–water partition coefficient (Wildman–Crippen LogP) is 7.31. The van der Waals surface area contributed by atoms with Crippen LogP contribution in [0.4, 0.5) is 18.2 Å². The zero-order chi connectivity index (χ0) is 21.3. The van der Waals surface area contributed by atoms with Crippen LogP contribution in [0.25, 0.3) is 10.4 Å². The molecular formula is C23H19ClF3NOS. The zero-order valence-corrected chi connectivity index (χ0v) is 17.6. The van der Waals surface area contributed by atoms with Crippen LogP contribution < -0.4 is 4.90 Å². The minimum atomic E-state index is -4.43. The van der Waals surface area contributed by atoms with Crippen molar-refractivity contribution >= 4 is 33.7 Å². The second-order valence-electron chi connectivity index (χ2n) is 7.29. The van der Waals surface area contributed by atoms with Gasteiger partial charge in [0.25, 0.3) is 0 Å². The van der Waals surface area contributed by atoms with Crippen LogP contribution in [-0.2, 0) is 6.18 Å². The molecule has 1 aliphatic rings. The molecule has 2 aromatic carbocycles. The summed E-state index contributed by atoms with van der Waals surface area (Å²) in [7, 11) is 0. The number of anilines is 1. The largest absolute Gasteiger partial charge is 0.416 e. The van der Waals surface area contributed by atoms with Crippen LogP contribution in [0.3, 0.4) is 0 Å². The maximum absolute atomic E-state index is 13.2. The topological polar surface area (TPSA) is 20.3 Å². The average molecular weight is 450 g/mol.